The molecule has 2 heterocycles. The maximum atomic E-state index is 11.8. The van der Waals surface area contributed by atoms with Crippen molar-refractivity contribution in [1.82, 2.24) is 9.80 Å². The van der Waals surface area contributed by atoms with Crippen LogP contribution in [0.3, 0.4) is 0 Å². The fourth-order valence-corrected chi connectivity index (χ4v) is 4.23. The number of carboxylic acids is 1. The first-order chi connectivity index (χ1) is 11.9. The summed E-state index contributed by atoms with van der Waals surface area (Å²) in [4.78, 5) is 27.2. The summed E-state index contributed by atoms with van der Waals surface area (Å²) in [5.41, 5.74) is 1.12. The van der Waals surface area contributed by atoms with Gasteiger partial charge in [-0.05, 0) is 43.8 Å². The largest absolute Gasteiger partial charge is 0.496 e. The summed E-state index contributed by atoms with van der Waals surface area (Å²) in [6.07, 6.45) is 2.43. The van der Waals surface area contributed by atoms with Gasteiger partial charge in [0.15, 0.2) is 0 Å². The van der Waals surface area contributed by atoms with Crippen molar-refractivity contribution in [2.75, 3.05) is 26.7 Å². The number of hydrogen-bond donors (Lipinski definition) is 1. The van der Waals surface area contributed by atoms with E-state index in [1.54, 1.807) is 7.11 Å². The number of likely N-dealkylation sites (tertiary alicyclic amines) is 2. The van der Waals surface area contributed by atoms with E-state index in [0.29, 0.717) is 13.0 Å². The summed E-state index contributed by atoms with van der Waals surface area (Å²) < 4.78 is 5.42. The zero-order valence-electron chi connectivity index (χ0n) is 14.9. The summed E-state index contributed by atoms with van der Waals surface area (Å²) in [7, 11) is 1.69. The molecule has 1 spiro atoms. The molecule has 1 aromatic rings. The number of ether oxygens (including phenoxy) is 1. The van der Waals surface area contributed by atoms with Crippen molar-refractivity contribution in [2.24, 2.45) is 5.41 Å². The van der Waals surface area contributed by atoms with Crippen LogP contribution in [0.4, 0.5) is 0 Å². The van der Waals surface area contributed by atoms with Crippen molar-refractivity contribution < 1.29 is 19.4 Å². The third-order valence-corrected chi connectivity index (χ3v) is 5.70. The maximum Gasteiger partial charge on any atom is 0.326 e. The minimum atomic E-state index is -0.886. The van der Waals surface area contributed by atoms with Gasteiger partial charge in [0.1, 0.15) is 11.8 Å². The number of rotatable bonds is 4. The lowest BCUT2D eigenvalue weighted by Crippen LogP contribution is -2.42. The molecule has 0 aliphatic carbocycles. The van der Waals surface area contributed by atoms with E-state index in [4.69, 9.17) is 4.74 Å². The van der Waals surface area contributed by atoms with Crippen molar-refractivity contribution >= 4 is 11.9 Å². The molecule has 25 heavy (non-hydrogen) atoms. The molecule has 0 saturated carbocycles. The second-order valence-corrected chi connectivity index (χ2v) is 7.29. The van der Waals surface area contributed by atoms with Gasteiger partial charge in [-0.25, -0.2) is 4.79 Å². The molecule has 3 rings (SSSR count). The minimum absolute atomic E-state index is 0.0496. The van der Waals surface area contributed by atoms with Gasteiger partial charge >= 0.3 is 5.97 Å². The van der Waals surface area contributed by atoms with Crippen molar-refractivity contribution in [3.8, 4) is 5.75 Å². The molecule has 0 aromatic heterocycles. The molecule has 6 heteroatoms. The Hall–Kier alpha value is -2.08. The van der Waals surface area contributed by atoms with Crippen LogP contribution in [0, 0.1) is 5.41 Å². The van der Waals surface area contributed by atoms with Gasteiger partial charge in [-0.1, -0.05) is 18.2 Å². The van der Waals surface area contributed by atoms with E-state index in [9.17, 15) is 14.7 Å². The first-order valence-electron chi connectivity index (χ1n) is 8.78. The average molecular weight is 346 g/mol. The molecule has 0 radical (unpaired) electrons. The first-order valence-corrected chi connectivity index (χ1v) is 8.78. The molecular formula is C19H26N2O4. The molecular weight excluding hydrogens is 320 g/mol. The predicted molar refractivity (Wildman–Crippen MR) is 93.4 cm³/mol. The number of carboxylic acid groups (broad SMARTS) is 1. The van der Waals surface area contributed by atoms with E-state index >= 15 is 0 Å². The highest BCUT2D eigenvalue weighted by molar-refractivity contribution is 5.83. The number of benzene rings is 1. The van der Waals surface area contributed by atoms with E-state index in [-0.39, 0.29) is 11.3 Å². The number of hydrogen-bond acceptors (Lipinski definition) is 4. The van der Waals surface area contributed by atoms with E-state index in [2.05, 4.69) is 11.0 Å². The lowest BCUT2D eigenvalue weighted by molar-refractivity contribution is -0.147. The Kier molecular flexibility index (Phi) is 4.99. The molecule has 1 aromatic carbocycles. The molecule has 1 amide bonds. The van der Waals surface area contributed by atoms with Gasteiger partial charge in [0.05, 0.1) is 7.11 Å². The Morgan fingerprint density at radius 1 is 1.28 bits per heavy atom. The highest BCUT2D eigenvalue weighted by Gasteiger charge is 2.49. The Morgan fingerprint density at radius 3 is 2.52 bits per heavy atom. The number of carbonyl (C=O) groups is 2. The third kappa shape index (κ3) is 3.63. The quantitative estimate of drug-likeness (QED) is 0.903. The van der Waals surface area contributed by atoms with Crippen LogP contribution in [0.5, 0.6) is 5.75 Å². The van der Waals surface area contributed by atoms with Crippen molar-refractivity contribution in [2.45, 2.75) is 38.8 Å². The van der Waals surface area contributed by atoms with Crippen LogP contribution in [0.2, 0.25) is 0 Å². The fourth-order valence-electron chi connectivity index (χ4n) is 4.23. The number of methoxy groups -OCH3 is 1. The number of para-hydroxylation sites is 1. The Balaban J connectivity index is 1.64. The number of nitrogens with zero attached hydrogens (tertiary/aromatic N) is 2. The summed E-state index contributed by atoms with van der Waals surface area (Å²) in [6.45, 7) is 4.69. The monoisotopic (exact) mass is 346 g/mol. The molecule has 0 bridgehead atoms. The summed E-state index contributed by atoms with van der Waals surface area (Å²) in [5.74, 6) is -0.124. The van der Waals surface area contributed by atoms with E-state index in [1.807, 2.05) is 18.2 Å². The second kappa shape index (κ2) is 7.04. The molecule has 2 saturated heterocycles. The highest BCUT2D eigenvalue weighted by Crippen LogP contribution is 2.43. The van der Waals surface area contributed by atoms with Gasteiger partial charge in [-0.3, -0.25) is 9.69 Å². The van der Waals surface area contributed by atoms with Gasteiger partial charge in [0.25, 0.3) is 0 Å². The topological polar surface area (TPSA) is 70.1 Å². The van der Waals surface area contributed by atoms with Crippen LogP contribution in [0.25, 0.3) is 0 Å². The molecule has 0 unspecified atom stereocenters. The average Bonchev–Trinajstić information content (AvgIpc) is 2.98. The Bertz CT molecular complexity index is 629. The van der Waals surface area contributed by atoms with Gasteiger partial charge in [-0.2, -0.15) is 0 Å². The standard InChI is InChI=1S/C19H26N2O4/c1-14(22)21-13-19(11-16(21)18(23)24)7-9-20(10-8-19)12-15-5-3-4-6-17(15)25-2/h3-6,16H,7-13H2,1-2H3,(H,23,24)/t16-/m0/s1. The summed E-state index contributed by atoms with van der Waals surface area (Å²) in [6, 6.07) is 7.37. The summed E-state index contributed by atoms with van der Waals surface area (Å²) in [5, 5.41) is 9.43. The highest BCUT2D eigenvalue weighted by atomic mass is 16.5. The van der Waals surface area contributed by atoms with Crippen LogP contribution >= 0.6 is 0 Å². The van der Waals surface area contributed by atoms with Crippen LogP contribution in [-0.4, -0.2) is 59.6 Å². The van der Waals surface area contributed by atoms with E-state index in [1.165, 1.54) is 17.4 Å². The van der Waals surface area contributed by atoms with Crippen LogP contribution in [0.1, 0.15) is 31.7 Å². The third-order valence-electron chi connectivity index (χ3n) is 5.70. The first kappa shape index (κ1) is 17.7. The van der Waals surface area contributed by atoms with Crippen molar-refractivity contribution in [1.29, 1.82) is 0 Å². The zero-order valence-corrected chi connectivity index (χ0v) is 14.9. The number of amides is 1. The second-order valence-electron chi connectivity index (χ2n) is 7.29. The molecule has 1 N–H and O–H groups in total. The Labute approximate surface area is 148 Å². The number of carbonyl (C=O) groups excluding carboxylic acids is 1. The minimum Gasteiger partial charge on any atom is -0.496 e. The van der Waals surface area contributed by atoms with Crippen molar-refractivity contribution in [3.05, 3.63) is 29.8 Å². The zero-order chi connectivity index (χ0) is 18.0. The molecule has 2 aliphatic heterocycles. The SMILES string of the molecule is COc1ccccc1CN1CCC2(CC1)C[C@@H](C(=O)O)N(C(C)=O)C2. The molecule has 136 valence electrons. The van der Waals surface area contributed by atoms with Gasteiger partial charge < -0.3 is 14.7 Å². The fraction of sp³-hybridized carbons (Fsp3) is 0.579. The van der Waals surface area contributed by atoms with Crippen LogP contribution in [0.15, 0.2) is 24.3 Å². The van der Waals surface area contributed by atoms with Crippen molar-refractivity contribution in [3.63, 3.8) is 0 Å². The van der Waals surface area contributed by atoms with Crippen LogP contribution in [-0.2, 0) is 16.1 Å². The van der Waals surface area contributed by atoms with Gasteiger partial charge in [0.2, 0.25) is 5.91 Å². The molecule has 2 aliphatic rings. The Morgan fingerprint density at radius 2 is 1.96 bits per heavy atom. The van der Waals surface area contributed by atoms with Gasteiger partial charge in [0, 0.05) is 25.6 Å². The lowest BCUT2D eigenvalue weighted by atomic mass is 9.76. The van der Waals surface area contributed by atoms with E-state index in [0.717, 1.165) is 38.2 Å². The molecule has 1 atom stereocenters. The summed E-state index contributed by atoms with van der Waals surface area (Å²) >= 11 is 0. The predicted octanol–water partition coefficient (Wildman–Crippen LogP) is 1.98. The van der Waals surface area contributed by atoms with Crippen LogP contribution < -0.4 is 4.74 Å². The maximum absolute atomic E-state index is 11.8. The smallest absolute Gasteiger partial charge is 0.326 e. The molecule has 2 fully saturated rings. The number of aliphatic carboxylic acids is 1. The van der Waals surface area contributed by atoms with E-state index < -0.39 is 12.0 Å². The molecule has 6 nitrogen and oxygen atoms in total. The lowest BCUT2D eigenvalue weighted by Gasteiger charge is -2.39. The normalized spacial score (nSPS) is 23.0. The number of piperidine rings is 1. The van der Waals surface area contributed by atoms with Gasteiger partial charge in [-0.15, -0.1) is 0 Å².